The summed E-state index contributed by atoms with van der Waals surface area (Å²) < 4.78 is 5.88. The van der Waals surface area contributed by atoms with Crippen molar-refractivity contribution in [2.75, 3.05) is 13.1 Å². The zero-order chi connectivity index (χ0) is 13.1. The quantitative estimate of drug-likeness (QED) is 0.883. The van der Waals surface area contributed by atoms with E-state index in [1.54, 1.807) is 0 Å². The monoisotopic (exact) mass is 262 g/mol. The molecule has 0 atom stereocenters. The number of hydrogen-bond donors (Lipinski definition) is 1. The molecule has 2 aliphatic rings. The summed E-state index contributed by atoms with van der Waals surface area (Å²) >= 11 is 0. The molecule has 0 radical (unpaired) electrons. The van der Waals surface area contributed by atoms with Gasteiger partial charge in [0.05, 0.1) is 6.54 Å². The van der Waals surface area contributed by atoms with E-state index in [4.69, 9.17) is 4.42 Å². The summed E-state index contributed by atoms with van der Waals surface area (Å²) in [6.07, 6.45) is 8.18. The predicted molar refractivity (Wildman–Crippen MR) is 77.1 cm³/mol. The third-order valence-corrected chi connectivity index (χ3v) is 4.31. The first-order chi connectivity index (χ1) is 9.31. The van der Waals surface area contributed by atoms with Gasteiger partial charge in [0.15, 0.2) is 0 Å². The minimum atomic E-state index is 0.750. The molecular weight excluding hydrogens is 236 g/mol. The Labute approximate surface area is 116 Å². The lowest BCUT2D eigenvalue weighted by atomic mass is 10.2. The summed E-state index contributed by atoms with van der Waals surface area (Å²) in [7, 11) is 0. The third-order valence-electron chi connectivity index (χ3n) is 4.31. The predicted octanol–water partition coefficient (Wildman–Crippen LogP) is 3.22. The molecule has 1 aromatic heterocycles. The summed E-state index contributed by atoms with van der Waals surface area (Å²) in [6.45, 7) is 6.57. The summed E-state index contributed by atoms with van der Waals surface area (Å²) in [4.78, 5) is 2.59. The maximum Gasteiger partial charge on any atom is 0.118 e. The topological polar surface area (TPSA) is 28.4 Å². The van der Waals surface area contributed by atoms with Gasteiger partial charge in [-0.05, 0) is 51.8 Å². The van der Waals surface area contributed by atoms with Crippen LogP contribution in [0.15, 0.2) is 10.5 Å². The molecule has 1 N–H and O–H groups in total. The number of aryl methyl sites for hydroxylation is 1. The molecule has 19 heavy (non-hydrogen) atoms. The molecule has 1 aliphatic heterocycles. The fourth-order valence-corrected chi connectivity index (χ4v) is 2.90. The second kappa shape index (κ2) is 6.10. The van der Waals surface area contributed by atoms with Gasteiger partial charge in [-0.25, -0.2) is 0 Å². The second-order valence-corrected chi connectivity index (χ2v) is 6.14. The van der Waals surface area contributed by atoms with Crippen molar-refractivity contribution in [3.63, 3.8) is 0 Å². The first-order valence-electron chi connectivity index (χ1n) is 7.85. The smallest absolute Gasteiger partial charge is 0.118 e. The number of nitrogens with zero attached hydrogens (tertiary/aromatic N) is 1. The van der Waals surface area contributed by atoms with Gasteiger partial charge in [0, 0.05) is 18.2 Å². The average molecular weight is 262 g/mol. The lowest BCUT2D eigenvalue weighted by Crippen LogP contribution is -2.24. The van der Waals surface area contributed by atoms with Gasteiger partial charge in [-0.1, -0.05) is 12.8 Å². The molecule has 106 valence electrons. The van der Waals surface area contributed by atoms with Crippen LogP contribution in [-0.2, 0) is 13.1 Å². The fourth-order valence-electron chi connectivity index (χ4n) is 2.90. The average Bonchev–Trinajstić information content (AvgIpc) is 3.18. The first-order valence-corrected chi connectivity index (χ1v) is 7.85. The Morgan fingerprint density at radius 2 is 1.95 bits per heavy atom. The molecule has 3 heteroatoms. The molecule has 1 aromatic rings. The molecule has 0 spiro atoms. The first kappa shape index (κ1) is 13.2. The Hall–Kier alpha value is -0.800. The maximum absolute atomic E-state index is 5.88. The molecule has 0 unspecified atom stereocenters. The van der Waals surface area contributed by atoms with Crippen LogP contribution in [0.25, 0.3) is 0 Å². The molecule has 0 bridgehead atoms. The molecule has 3 nitrogen and oxygen atoms in total. The highest BCUT2D eigenvalue weighted by Gasteiger charge is 2.21. The minimum Gasteiger partial charge on any atom is -0.465 e. The molecular formula is C16H26N2O. The van der Waals surface area contributed by atoms with Gasteiger partial charge >= 0.3 is 0 Å². The highest BCUT2D eigenvalue weighted by atomic mass is 16.3. The van der Waals surface area contributed by atoms with Gasteiger partial charge in [0.1, 0.15) is 11.5 Å². The number of furan rings is 1. The van der Waals surface area contributed by atoms with E-state index in [1.165, 1.54) is 57.2 Å². The third kappa shape index (κ3) is 3.83. The van der Waals surface area contributed by atoms with Crippen LogP contribution >= 0.6 is 0 Å². The number of hydrogen-bond acceptors (Lipinski definition) is 3. The van der Waals surface area contributed by atoms with Crippen LogP contribution in [0, 0.1) is 6.92 Å². The van der Waals surface area contributed by atoms with Crippen molar-refractivity contribution in [2.45, 2.75) is 64.6 Å². The van der Waals surface area contributed by atoms with Crippen LogP contribution in [0.2, 0.25) is 0 Å². The van der Waals surface area contributed by atoms with Crippen molar-refractivity contribution >= 4 is 0 Å². The van der Waals surface area contributed by atoms with Gasteiger partial charge in [-0.2, -0.15) is 0 Å². The Morgan fingerprint density at radius 3 is 2.63 bits per heavy atom. The Kier molecular flexibility index (Phi) is 4.24. The summed E-state index contributed by atoms with van der Waals surface area (Å²) in [5.74, 6) is 2.21. The van der Waals surface area contributed by atoms with Gasteiger partial charge < -0.3 is 9.73 Å². The van der Waals surface area contributed by atoms with Crippen LogP contribution in [0.4, 0.5) is 0 Å². The number of nitrogens with one attached hydrogen (secondary N) is 1. The maximum atomic E-state index is 5.88. The number of rotatable bonds is 5. The van der Waals surface area contributed by atoms with E-state index < -0.39 is 0 Å². The van der Waals surface area contributed by atoms with Crippen molar-refractivity contribution in [1.82, 2.24) is 10.2 Å². The van der Waals surface area contributed by atoms with E-state index in [1.807, 2.05) is 0 Å². The molecule has 1 saturated heterocycles. The SMILES string of the molecule is Cc1oc(CNC2CC2)cc1CN1CCCCCC1. The van der Waals surface area contributed by atoms with E-state index in [0.29, 0.717) is 0 Å². The molecule has 1 saturated carbocycles. The normalized spacial score (nSPS) is 21.5. The lowest BCUT2D eigenvalue weighted by molar-refractivity contribution is 0.275. The fraction of sp³-hybridized carbons (Fsp3) is 0.750. The van der Waals surface area contributed by atoms with Gasteiger partial charge in [0.2, 0.25) is 0 Å². The zero-order valence-electron chi connectivity index (χ0n) is 12.1. The van der Waals surface area contributed by atoms with Crippen molar-refractivity contribution in [3.05, 3.63) is 23.2 Å². The molecule has 0 amide bonds. The minimum absolute atomic E-state index is 0.750. The van der Waals surface area contributed by atoms with E-state index in [9.17, 15) is 0 Å². The zero-order valence-corrected chi connectivity index (χ0v) is 12.1. The Balaban J connectivity index is 1.56. The van der Waals surface area contributed by atoms with Crippen LogP contribution in [-0.4, -0.2) is 24.0 Å². The molecule has 0 aromatic carbocycles. The van der Waals surface area contributed by atoms with E-state index in [2.05, 4.69) is 23.2 Å². The Morgan fingerprint density at radius 1 is 1.21 bits per heavy atom. The van der Waals surface area contributed by atoms with Crippen molar-refractivity contribution in [2.24, 2.45) is 0 Å². The van der Waals surface area contributed by atoms with Crippen LogP contribution in [0.3, 0.4) is 0 Å². The Bertz CT molecular complexity index is 401. The van der Waals surface area contributed by atoms with Gasteiger partial charge in [-0.15, -0.1) is 0 Å². The van der Waals surface area contributed by atoms with Crippen LogP contribution < -0.4 is 5.32 Å². The van der Waals surface area contributed by atoms with E-state index in [0.717, 1.165) is 30.7 Å². The summed E-state index contributed by atoms with van der Waals surface area (Å²) in [5, 5.41) is 3.52. The second-order valence-electron chi connectivity index (χ2n) is 6.14. The highest BCUT2D eigenvalue weighted by molar-refractivity contribution is 5.21. The summed E-state index contributed by atoms with van der Waals surface area (Å²) in [5.41, 5.74) is 1.38. The van der Waals surface area contributed by atoms with E-state index in [-0.39, 0.29) is 0 Å². The van der Waals surface area contributed by atoms with Crippen LogP contribution in [0.5, 0.6) is 0 Å². The van der Waals surface area contributed by atoms with Crippen molar-refractivity contribution in [1.29, 1.82) is 0 Å². The molecule has 1 aliphatic carbocycles. The van der Waals surface area contributed by atoms with Crippen molar-refractivity contribution in [3.8, 4) is 0 Å². The standard InChI is InChI=1S/C16H26N2O/c1-13-14(12-18-8-4-2-3-5-9-18)10-16(19-13)11-17-15-6-7-15/h10,15,17H,2-9,11-12H2,1H3. The lowest BCUT2D eigenvalue weighted by Gasteiger charge is -2.18. The van der Waals surface area contributed by atoms with Gasteiger partial charge in [-0.3, -0.25) is 4.90 Å². The van der Waals surface area contributed by atoms with Crippen LogP contribution in [0.1, 0.15) is 55.6 Å². The summed E-state index contributed by atoms with van der Waals surface area (Å²) in [6, 6.07) is 3.01. The number of likely N-dealkylation sites (tertiary alicyclic amines) is 1. The highest BCUT2D eigenvalue weighted by Crippen LogP contribution is 2.22. The van der Waals surface area contributed by atoms with Gasteiger partial charge in [0.25, 0.3) is 0 Å². The van der Waals surface area contributed by atoms with Crippen molar-refractivity contribution < 1.29 is 4.42 Å². The van der Waals surface area contributed by atoms with E-state index >= 15 is 0 Å². The largest absolute Gasteiger partial charge is 0.465 e. The molecule has 2 fully saturated rings. The molecule has 3 rings (SSSR count). The molecule has 2 heterocycles.